The van der Waals surface area contributed by atoms with Gasteiger partial charge in [0.15, 0.2) is 0 Å². The van der Waals surface area contributed by atoms with E-state index in [1.54, 1.807) is 0 Å². The summed E-state index contributed by atoms with van der Waals surface area (Å²) in [5.74, 6) is 0. The third-order valence-corrected chi connectivity index (χ3v) is 4.64. The van der Waals surface area contributed by atoms with Crippen LogP contribution in [0.25, 0.3) is 0 Å². The van der Waals surface area contributed by atoms with E-state index in [0.717, 1.165) is 11.3 Å². The number of thiophene rings is 1. The second kappa shape index (κ2) is 7.12. The number of aliphatic hydroxyl groups is 1. The summed E-state index contributed by atoms with van der Waals surface area (Å²) < 4.78 is 0.711. The summed E-state index contributed by atoms with van der Waals surface area (Å²) in [5, 5.41) is 14.8. The summed E-state index contributed by atoms with van der Waals surface area (Å²) in [6.45, 7) is 5.88. The Morgan fingerprint density at radius 1 is 1.58 bits per heavy atom. The van der Waals surface area contributed by atoms with E-state index in [1.807, 2.05) is 32.9 Å². The lowest BCUT2D eigenvalue weighted by atomic mass is 9.95. The fourth-order valence-corrected chi connectivity index (χ4v) is 2.78. The summed E-state index contributed by atoms with van der Waals surface area (Å²) in [5.41, 5.74) is -0.383. The maximum Gasteiger partial charge on any atom is 0.315 e. The van der Waals surface area contributed by atoms with E-state index in [-0.39, 0.29) is 24.2 Å². The molecule has 0 fully saturated rings. The van der Waals surface area contributed by atoms with Crippen molar-refractivity contribution in [3.63, 3.8) is 0 Å². The van der Waals surface area contributed by atoms with Crippen LogP contribution in [0, 0.1) is 0 Å². The summed E-state index contributed by atoms with van der Waals surface area (Å²) in [6.07, 6.45) is 1.30. The highest BCUT2D eigenvalue weighted by Crippen LogP contribution is 2.26. The molecule has 1 rings (SSSR count). The first kappa shape index (κ1) is 16.3. The first-order valence-corrected chi connectivity index (χ1v) is 7.54. The Bertz CT molecular complexity index is 425. The molecule has 108 valence electrons. The lowest BCUT2D eigenvalue weighted by Crippen LogP contribution is -2.50. The highest BCUT2D eigenvalue weighted by molar-refractivity contribution is 7.16. The lowest BCUT2D eigenvalue weighted by Gasteiger charge is -2.29. The van der Waals surface area contributed by atoms with Gasteiger partial charge in [-0.3, -0.25) is 0 Å². The van der Waals surface area contributed by atoms with Gasteiger partial charge in [-0.2, -0.15) is 0 Å². The molecule has 0 spiro atoms. The minimum atomic E-state index is -0.383. The van der Waals surface area contributed by atoms with Crippen molar-refractivity contribution in [3.05, 3.63) is 21.3 Å². The molecule has 0 aliphatic carbocycles. The van der Waals surface area contributed by atoms with Gasteiger partial charge in [-0.25, -0.2) is 4.79 Å². The van der Waals surface area contributed by atoms with E-state index in [0.29, 0.717) is 10.8 Å². The molecule has 2 amide bonds. The van der Waals surface area contributed by atoms with Gasteiger partial charge in [0.2, 0.25) is 0 Å². The highest BCUT2D eigenvalue weighted by Gasteiger charge is 2.24. The number of carbonyl (C=O) groups is 1. The zero-order chi connectivity index (χ0) is 14.5. The van der Waals surface area contributed by atoms with Gasteiger partial charge in [-0.1, -0.05) is 18.5 Å². The van der Waals surface area contributed by atoms with Gasteiger partial charge in [0.1, 0.15) is 0 Å². The van der Waals surface area contributed by atoms with Gasteiger partial charge in [0.25, 0.3) is 0 Å². The number of hydrogen-bond acceptors (Lipinski definition) is 3. The molecule has 2 unspecified atom stereocenters. The number of carbonyl (C=O) groups excluding carboxylic acids is 1. The average Bonchev–Trinajstić information content (AvgIpc) is 2.76. The molecule has 0 saturated heterocycles. The summed E-state index contributed by atoms with van der Waals surface area (Å²) in [4.78, 5) is 13.0. The Morgan fingerprint density at radius 2 is 2.26 bits per heavy atom. The van der Waals surface area contributed by atoms with Gasteiger partial charge in [-0.15, -0.1) is 11.3 Å². The zero-order valence-corrected chi connectivity index (χ0v) is 13.1. The van der Waals surface area contributed by atoms with Crippen LogP contribution in [0.3, 0.4) is 0 Å². The third-order valence-electron chi connectivity index (χ3n) is 3.23. The molecule has 0 aliphatic rings. The van der Waals surface area contributed by atoms with E-state index in [1.165, 1.54) is 11.3 Å². The second-order valence-corrected chi connectivity index (χ2v) is 6.60. The van der Waals surface area contributed by atoms with Crippen molar-refractivity contribution < 1.29 is 9.90 Å². The zero-order valence-electron chi connectivity index (χ0n) is 11.5. The fraction of sp³-hybridized carbons (Fsp3) is 0.615. The number of amides is 2. The third kappa shape index (κ3) is 5.01. The van der Waals surface area contributed by atoms with Gasteiger partial charge >= 0.3 is 6.03 Å². The van der Waals surface area contributed by atoms with Crippen LogP contribution in [-0.2, 0) is 0 Å². The van der Waals surface area contributed by atoms with E-state index in [2.05, 4.69) is 10.6 Å². The van der Waals surface area contributed by atoms with Crippen LogP contribution in [0.4, 0.5) is 4.79 Å². The number of halogens is 1. The van der Waals surface area contributed by atoms with Crippen LogP contribution < -0.4 is 10.6 Å². The Morgan fingerprint density at radius 3 is 2.74 bits per heavy atom. The van der Waals surface area contributed by atoms with Gasteiger partial charge in [-0.05, 0) is 38.8 Å². The Hall–Kier alpha value is -0.780. The van der Waals surface area contributed by atoms with Crippen LogP contribution in [-0.4, -0.2) is 23.3 Å². The van der Waals surface area contributed by atoms with Crippen LogP contribution >= 0.6 is 22.9 Å². The SMILES string of the molecule is CCC(C)(CCO)NC(=O)NC(C)c1ccc(Cl)s1. The molecular weight excluding hydrogens is 284 g/mol. The quantitative estimate of drug-likeness (QED) is 0.755. The molecule has 0 aliphatic heterocycles. The van der Waals surface area contributed by atoms with Crippen LogP contribution in [0.2, 0.25) is 4.34 Å². The molecule has 1 aromatic heterocycles. The van der Waals surface area contributed by atoms with Crippen molar-refractivity contribution in [2.75, 3.05) is 6.61 Å². The molecule has 0 aromatic carbocycles. The second-order valence-electron chi connectivity index (χ2n) is 4.85. The molecule has 1 aromatic rings. The summed E-state index contributed by atoms with van der Waals surface area (Å²) in [6, 6.07) is 3.41. The van der Waals surface area contributed by atoms with Gasteiger partial charge in [0.05, 0.1) is 10.4 Å². The first-order chi connectivity index (χ1) is 8.90. The van der Waals surface area contributed by atoms with Crippen molar-refractivity contribution in [3.8, 4) is 0 Å². The minimum Gasteiger partial charge on any atom is -0.396 e. The van der Waals surface area contributed by atoms with E-state index < -0.39 is 0 Å². The maximum atomic E-state index is 12.0. The Labute approximate surface area is 123 Å². The summed E-state index contributed by atoms with van der Waals surface area (Å²) >= 11 is 7.33. The molecule has 1 heterocycles. The normalized spacial score (nSPS) is 15.6. The van der Waals surface area contributed by atoms with Crippen molar-refractivity contribution in [1.82, 2.24) is 10.6 Å². The topological polar surface area (TPSA) is 61.4 Å². The molecule has 4 nitrogen and oxygen atoms in total. The van der Waals surface area contributed by atoms with Gasteiger partial charge in [0, 0.05) is 17.0 Å². The predicted octanol–water partition coefficient (Wildman–Crippen LogP) is 3.31. The number of rotatable bonds is 6. The van der Waals surface area contributed by atoms with Crippen molar-refractivity contribution >= 4 is 29.0 Å². The molecule has 19 heavy (non-hydrogen) atoms. The average molecular weight is 305 g/mol. The molecule has 2 atom stereocenters. The van der Waals surface area contributed by atoms with E-state index in [4.69, 9.17) is 16.7 Å². The standard InChI is InChI=1S/C13H21ClN2O2S/c1-4-13(3,7-8-17)16-12(18)15-9(2)10-5-6-11(14)19-10/h5-6,9,17H,4,7-8H2,1-3H3,(H2,15,16,18). The van der Waals surface area contributed by atoms with Gasteiger partial charge < -0.3 is 15.7 Å². The fourth-order valence-electron chi connectivity index (χ4n) is 1.71. The number of hydrogen-bond donors (Lipinski definition) is 3. The lowest BCUT2D eigenvalue weighted by molar-refractivity contribution is 0.199. The number of nitrogens with one attached hydrogen (secondary N) is 2. The Kier molecular flexibility index (Phi) is 6.10. The number of urea groups is 1. The largest absolute Gasteiger partial charge is 0.396 e. The molecule has 0 bridgehead atoms. The van der Waals surface area contributed by atoms with E-state index >= 15 is 0 Å². The van der Waals surface area contributed by atoms with E-state index in [9.17, 15) is 4.79 Å². The highest BCUT2D eigenvalue weighted by atomic mass is 35.5. The molecule has 0 saturated carbocycles. The van der Waals surface area contributed by atoms with Crippen molar-refractivity contribution in [2.24, 2.45) is 0 Å². The Balaban J connectivity index is 2.55. The monoisotopic (exact) mass is 304 g/mol. The summed E-state index contributed by atoms with van der Waals surface area (Å²) in [7, 11) is 0. The smallest absolute Gasteiger partial charge is 0.315 e. The van der Waals surface area contributed by atoms with Crippen LogP contribution in [0.15, 0.2) is 12.1 Å². The first-order valence-electron chi connectivity index (χ1n) is 6.35. The molecule has 6 heteroatoms. The molecule has 3 N–H and O–H groups in total. The van der Waals surface area contributed by atoms with Crippen LogP contribution in [0.1, 0.15) is 44.5 Å². The minimum absolute atomic E-state index is 0.0563. The van der Waals surface area contributed by atoms with Crippen LogP contribution in [0.5, 0.6) is 0 Å². The molecule has 0 radical (unpaired) electrons. The maximum absolute atomic E-state index is 12.0. The van der Waals surface area contributed by atoms with Crippen molar-refractivity contribution in [1.29, 1.82) is 0 Å². The molecular formula is C13H21ClN2O2S. The van der Waals surface area contributed by atoms with Crippen molar-refractivity contribution in [2.45, 2.75) is 45.2 Å². The predicted molar refractivity (Wildman–Crippen MR) is 79.8 cm³/mol. The number of aliphatic hydroxyl groups excluding tert-OH is 1.